The van der Waals surface area contributed by atoms with E-state index in [1.54, 1.807) is 19.1 Å². The Labute approximate surface area is 172 Å². The molecule has 1 aliphatic rings. The first-order valence-electron chi connectivity index (χ1n) is 8.95. The van der Waals surface area contributed by atoms with Gasteiger partial charge in [-0.05, 0) is 37.5 Å². The van der Waals surface area contributed by atoms with Gasteiger partial charge < -0.3 is 9.84 Å². The van der Waals surface area contributed by atoms with E-state index in [0.717, 1.165) is 18.4 Å². The van der Waals surface area contributed by atoms with E-state index in [1.807, 2.05) is 30.3 Å². The molecule has 0 saturated heterocycles. The predicted octanol–water partition coefficient (Wildman–Crippen LogP) is 5.15. The fourth-order valence-corrected chi connectivity index (χ4v) is 3.54. The summed E-state index contributed by atoms with van der Waals surface area (Å²) in [7, 11) is 0. The van der Waals surface area contributed by atoms with Gasteiger partial charge in [0.15, 0.2) is 5.75 Å². The van der Waals surface area contributed by atoms with Crippen molar-refractivity contribution >= 4 is 23.2 Å². The summed E-state index contributed by atoms with van der Waals surface area (Å²) in [5.41, 5.74) is 1.24. The Kier molecular flexibility index (Phi) is 5.04. The molecule has 1 N–H and O–H groups in total. The van der Waals surface area contributed by atoms with Crippen LogP contribution in [0.1, 0.15) is 30.1 Å². The molecule has 0 unspecified atom stereocenters. The zero-order valence-electron chi connectivity index (χ0n) is 15.2. The smallest absolute Gasteiger partial charge is 0.278 e. The molecule has 2 aromatic carbocycles. The van der Waals surface area contributed by atoms with Gasteiger partial charge in [-0.25, -0.2) is 4.68 Å². The zero-order valence-corrected chi connectivity index (χ0v) is 16.7. The SMILES string of the molecule is Cc1nn(C2CC2)c(=O)c(-c2c(Cl)ccc(Cl)c2OCc2ccccc2)c1O. The largest absolute Gasteiger partial charge is 0.505 e. The van der Waals surface area contributed by atoms with Gasteiger partial charge in [0.25, 0.3) is 5.56 Å². The van der Waals surface area contributed by atoms with E-state index in [2.05, 4.69) is 5.10 Å². The molecule has 1 saturated carbocycles. The molecule has 1 aliphatic carbocycles. The van der Waals surface area contributed by atoms with Gasteiger partial charge in [0.05, 0.1) is 27.2 Å². The molecular formula is C21H18Cl2N2O3. The van der Waals surface area contributed by atoms with Crippen LogP contribution in [0.25, 0.3) is 11.1 Å². The Hall–Kier alpha value is -2.50. The maximum Gasteiger partial charge on any atom is 0.278 e. The van der Waals surface area contributed by atoms with Crippen molar-refractivity contribution in [1.82, 2.24) is 9.78 Å². The Morgan fingerprint density at radius 2 is 1.79 bits per heavy atom. The fraction of sp³-hybridized carbons (Fsp3) is 0.238. The minimum atomic E-state index is -0.403. The molecule has 1 aromatic heterocycles. The lowest BCUT2D eigenvalue weighted by atomic mass is 10.0. The maximum atomic E-state index is 13.1. The fourth-order valence-electron chi connectivity index (χ4n) is 3.08. The molecule has 1 heterocycles. The highest BCUT2D eigenvalue weighted by Gasteiger charge is 2.30. The first-order valence-corrected chi connectivity index (χ1v) is 9.70. The van der Waals surface area contributed by atoms with Crippen molar-refractivity contribution in [2.45, 2.75) is 32.4 Å². The number of aromatic nitrogens is 2. The Morgan fingerprint density at radius 3 is 2.46 bits per heavy atom. The third-order valence-electron chi connectivity index (χ3n) is 4.69. The molecule has 28 heavy (non-hydrogen) atoms. The van der Waals surface area contributed by atoms with Crippen LogP contribution in [-0.2, 0) is 6.61 Å². The zero-order chi connectivity index (χ0) is 19.8. The molecule has 3 aromatic rings. The first-order chi connectivity index (χ1) is 13.5. The lowest BCUT2D eigenvalue weighted by Crippen LogP contribution is -2.25. The quantitative estimate of drug-likeness (QED) is 0.624. The minimum absolute atomic E-state index is 0.0530. The van der Waals surface area contributed by atoms with Crippen molar-refractivity contribution in [3.63, 3.8) is 0 Å². The van der Waals surface area contributed by atoms with E-state index in [9.17, 15) is 9.90 Å². The molecular weight excluding hydrogens is 399 g/mol. The van der Waals surface area contributed by atoms with E-state index in [1.165, 1.54) is 4.68 Å². The monoisotopic (exact) mass is 416 g/mol. The van der Waals surface area contributed by atoms with Crippen LogP contribution in [0.15, 0.2) is 47.3 Å². The van der Waals surface area contributed by atoms with Crippen molar-refractivity contribution in [1.29, 1.82) is 0 Å². The number of nitrogens with zero attached hydrogens (tertiary/aromatic N) is 2. The van der Waals surface area contributed by atoms with Crippen molar-refractivity contribution in [2.75, 3.05) is 0 Å². The standard InChI is InChI=1S/C21H18Cl2N2O3/c1-12-19(26)18(21(27)25(24-12)14-7-8-14)17-15(22)9-10-16(23)20(17)28-11-13-5-3-2-4-6-13/h2-6,9-10,14,26H,7-8,11H2,1H3. The number of benzene rings is 2. The predicted molar refractivity (Wildman–Crippen MR) is 109 cm³/mol. The van der Waals surface area contributed by atoms with Crippen LogP contribution < -0.4 is 10.3 Å². The molecule has 1 fully saturated rings. The van der Waals surface area contributed by atoms with Gasteiger partial charge in [0, 0.05) is 0 Å². The summed E-state index contributed by atoms with van der Waals surface area (Å²) in [5, 5.41) is 15.5. The van der Waals surface area contributed by atoms with Crippen LogP contribution in [0, 0.1) is 6.92 Å². The van der Waals surface area contributed by atoms with Crippen LogP contribution in [0.2, 0.25) is 10.0 Å². The highest BCUT2D eigenvalue weighted by molar-refractivity contribution is 6.37. The summed E-state index contributed by atoms with van der Waals surface area (Å²) in [5.74, 6) is 0.0500. The topological polar surface area (TPSA) is 64.4 Å². The molecule has 0 radical (unpaired) electrons. The van der Waals surface area contributed by atoms with Gasteiger partial charge >= 0.3 is 0 Å². The summed E-state index contributed by atoms with van der Waals surface area (Å²) in [6.07, 6.45) is 1.77. The van der Waals surface area contributed by atoms with Gasteiger partial charge in [0.2, 0.25) is 0 Å². The summed E-state index contributed by atoms with van der Waals surface area (Å²) >= 11 is 12.8. The van der Waals surface area contributed by atoms with E-state index in [4.69, 9.17) is 27.9 Å². The second-order valence-corrected chi connectivity index (χ2v) is 7.61. The van der Waals surface area contributed by atoms with E-state index < -0.39 is 5.56 Å². The molecule has 5 nitrogen and oxygen atoms in total. The molecule has 0 bridgehead atoms. The molecule has 0 amide bonds. The summed E-state index contributed by atoms with van der Waals surface area (Å²) in [6, 6.07) is 12.8. The molecule has 0 aliphatic heterocycles. The second-order valence-electron chi connectivity index (χ2n) is 6.80. The maximum absolute atomic E-state index is 13.1. The lowest BCUT2D eigenvalue weighted by Gasteiger charge is -2.17. The number of ether oxygens (including phenoxy) is 1. The number of hydrogen-bond donors (Lipinski definition) is 1. The Balaban J connectivity index is 1.86. The molecule has 0 atom stereocenters. The van der Waals surface area contributed by atoms with E-state index in [-0.39, 0.29) is 40.3 Å². The third-order valence-corrected chi connectivity index (χ3v) is 5.30. The first kappa shape index (κ1) is 18.8. The molecule has 144 valence electrons. The van der Waals surface area contributed by atoms with Crippen molar-refractivity contribution in [2.24, 2.45) is 0 Å². The number of hydrogen-bond acceptors (Lipinski definition) is 4. The summed E-state index contributed by atoms with van der Waals surface area (Å²) < 4.78 is 7.38. The second kappa shape index (κ2) is 7.49. The number of rotatable bonds is 5. The summed E-state index contributed by atoms with van der Waals surface area (Å²) in [6.45, 7) is 1.90. The average Bonchev–Trinajstić information content (AvgIpc) is 3.53. The average molecular weight is 417 g/mol. The third kappa shape index (κ3) is 3.48. The van der Waals surface area contributed by atoms with Crippen molar-refractivity contribution < 1.29 is 9.84 Å². The van der Waals surface area contributed by atoms with Crippen molar-refractivity contribution in [3.8, 4) is 22.6 Å². The number of aryl methyl sites for hydroxylation is 1. The van der Waals surface area contributed by atoms with Gasteiger partial charge in [0.1, 0.15) is 18.1 Å². The van der Waals surface area contributed by atoms with Crippen molar-refractivity contribution in [3.05, 3.63) is 74.1 Å². The van der Waals surface area contributed by atoms with Crippen LogP contribution in [-0.4, -0.2) is 14.9 Å². The minimum Gasteiger partial charge on any atom is -0.505 e. The highest BCUT2D eigenvalue weighted by Crippen LogP contribution is 2.44. The van der Waals surface area contributed by atoms with E-state index >= 15 is 0 Å². The molecule has 7 heteroatoms. The normalized spacial score (nSPS) is 13.5. The Bertz CT molecular complexity index is 1090. The molecule has 0 spiro atoms. The Morgan fingerprint density at radius 1 is 1.11 bits per heavy atom. The van der Waals surface area contributed by atoms with Gasteiger partial charge in [-0.2, -0.15) is 5.10 Å². The number of aromatic hydroxyl groups is 1. The van der Waals surface area contributed by atoms with Crippen LogP contribution in [0.5, 0.6) is 11.5 Å². The van der Waals surface area contributed by atoms with Crippen LogP contribution >= 0.6 is 23.2 Å². The van der Waals surface area contributed by atoms with E-state index in [0.29, 0.717) is 10.7 Å². The summed E-state index contributed by atoms with van der Waals surface area (Å²) in [4.78, 5) is 13.1. The van der Waals surface area contributed by atoms with Gasteiger partial charge in [-0.15, -0.1) is 0 Å². The lowest BCUT2D eigenvalue weighted by molar-refractivity contribution is 0.307. The van der Waals surface area contributed by atoms with Gasteiger partial charge in [-0.3, -0.25) is 4.79 Å². The molecule has 4 rings (SSSR count). The van der Waals surface area contributed by atoms with Gasteiger partial charge in [-0.1, -0.05) is 53.5 Å². The van der Waals surface area contributed by atoms with Crippen LogP contribution in [0.4, 0.5) is 0 Å². The van der Waals surface area contributed by atoms with Crippen LogP contribution in [0.3, 0.4) is 0 Å². The highest BCUT2D eigenvalue weighted by atomic mass is 35.5. The number of halogens is 2.